The van der Waals surface area contributed by atoms with E-state index in [1.54, 1.807) is 12.1 Å². The van der Waals surface area contributed by atoms with Crippen LogP contribution in [0.2, 0.25) is 0 Å². The molecule has 0 aliphatic carbocycles. The van der Waals surface area contributed by atoms with Gasteiger partial charge in [-0.15, -0.1) is 0 Å². The smallest absolute Gasteiger partial charge is 0.125 e. The summed E-state index contributed by atoms with van der Waals surface area (Å²) in [6.07, 6.45) is 0. The molecule has 21 heavy (non-hydrogen) atoms. The van der Waals surface area contributed by atoms with Crippen LogP contribution in [0.15, 0.2) is 48.5 Å². The van der Waals surface area contributed by atoms with Crippen LogP contribution >= 0.6 is 0 Å². The molecule has 1 unspecified atom stereocenters. The van der Waals surface area contributed by atoms with Gasteiger partial charge in [0.1, 0.15) is 5.82 Å². The van der Waals surface area contributed by atoms with Crippen LogP contribution in [0.5, 0.6) is 0 Å². The standard InChI is InChI=1S/C18H23FN2/c1-4-21(16-10-7-9-15(19)12-16)13-18(20-3)17-11-6-5-8-14(17)2/h5-12,18,20H,4,13H2,1-3H3. The molecule has 0 aliphatic rings. The van der Waals surface area contributed by atoms with Gasteiger partial charge in [-0.3, -0.25) is 0 Å². The molecular formula is C18H23FN2. The van der Waals surface area contributed by atoms with Crippen molar-refractivity contribution in [3.8, 4) is 0 Å². The van der Waals surface area contributed by atoms with E-state index in [0.717, 1.165) is 18.8 Å². The molecule has 0 spiro atoms. The summed E-state index contributed by atoms with van der Waals surface area (Å²) >= 11 is 0. The Bertz CT molecular complexity index is 583. The number of benzene rings is 2. The van der Waals surface area contributed by atoms with Crippen molar-refractivity contribution in [3.05, 3.63) is 65.5 Å². The van der Waals surface area contributed by atoms with Gasteiger partial charge >= 0.3 is 0 Å². The molecule has 0 bridgehead atoms. The number of nitrogens with one attached hydrogen (secondary N) is 1. The number of halogens is 1. The molecule has 0 saturated carbocycles. The highest BCUT2D eigenvalue weighted by Gasteiger charge is 2.16. The van der Waals surface area contributed by atoms with E-state index in [1.807, 2.05) is 13.1 Å². The molecule has 0 amide bonds. The fraction of sp³-hybridized carbons (Fsp3) is 0.333. The van der Waals surface area contributed by atoms with Crippen molar-refractivity contribution in [1.82, 2.24) is 5.32 Å². The van der Waals surface area contributed by atoms with Gasteiger partial charge in [-0.05, 0) is 50.2 Å². The van der Waals surface area contributed by atoms with Crippen molar-refractivity contribution in [1.29, 1.82) is 0 Å². The molecular weight excluding hydrogens is 263 g/mol. The first-order chi connectivity index (χ1) is 10.2. The van der Waals surface area contributed by atoms with E-state index in [-0.39, 0.29) is 11.9 Å². The Hall–Kier alpha value is -1.87. The number of rotatable bonds is 6. The zero-order valence-electron chi connectivity index (χ0n) is 12.9. The van der Waals surface area contributed by atoms with E-state index in [4.69, 9.17) is 0 Å². The normalized spacial score (nSPS) is 12.2. The third kappa shape index (κ3) is 3.82. The molecule has 0 fully saturated rings. The number of likely N-dealkylation sites (N-methyl/N-ethyl adjacent to an activating group) is 2. The molecule has 0 aromatic heterocycles. The van der Waals surface area contributed by atoms with Gasteiger partial charge in [-0.25, -0.2) is 4.39 Å². The highest BCUT2D eigenvalue weighted by molar-refractivity contribution is 5.47. The van der Waals surface area contributed by atoms with Gasteiger partial charge in [0, 0.05) is 24.8 Å². The summed E-state index contributed by atoms with van der Waals surface area (Å²) in [5.41, 5.74) is 3.48. The van der Waals surface area contributed by atoms with Crippen molar-refractivity contribution >= 4 is 5.69 Å². The van der Waals surface area contributed by atoms with Crippen molar-refractivity contribution in [2.45, 2.75) is 19.9 Å². The Labute approximate surface area is 126 Å². The largest absolute Gasteiger partial charge is 0.370 e. The minimum Gasteiger partial charge on any atom is -0.370 e. The van der Waals surface area contributed by atoms with Crippen LogP contribution in [0.3, 0.4) is 0 Å². The van der Waals surface area contributed by atoms with Crippen LogP contribution in [-0.2, 0) is 0 Å². The summed E-state index contributed by atoms with van der Waals surface area (Å²) in [6, 6.07) is 15.4. The van der Waals surface area contributed by atoms with Crippen LogP contribution in [0.4, 0.5) is 10.1 Å². The maximum atomic E-state index is 13.4. The molecule has 112 valence electrons. The summed E-state index contributed by atoms with van der Waals surface area (Å²) < 4.78 is 13.4. The minimum absolute atomic E-state index is 0.192. The Morgan fingerprint density at radius 2 is 1.90 bits per heavy atom. The predicted molar refractivity (Wildman–Crippen MR) is 87.3 cm³/mol. The molecule has 0 radical (unpaired) electrons. The Morgan fingerprint density at radius 3 is 2.52 bits per heavy atom. The molecule has 3 heteroatoms. The summed E-state index contributed by atoms with van der Waals surface area (Å²) in [5.74, 6) is -0.192. The maximum Gasteiger partial charge on any atom is 0.125 e. The lowest BCUT2D eigenvalue weighted by Crippen LogP contribution is -2.34. The monoisotopic (exact) mass is 286 g/mol. The van der Waals surface area contributed by atoms with Gasteiger partial charge < -0.3 is 10.2 Å². The SMILES string of the molecule is CCN(CC(NC)c1ccccc1C)c1cccc(F)c1. The molecule has 0 heterocycles. The third-order valence-corrected chi connectivity index (χ3v) is 3.87. The van der Waals surface area contributed by atoms with E-state index in [2.05, 4.69) is 48.3 Å². The van der Waals surface area contributed by atoms with Crippen LogP contribution < -0.4 is 10.2 Å². The lowest BCUT2D eigenvalue weighted by molar-refractivity contribution is 0.572. The van der Waals surface area contributed by atoms with Gasteiger partial charge in [-0.2, -0.15) is 0 Å². The number of hydrogen-bond donors (Lipinski definition) is 1. The molecule has 0 saturated heterocycles. The topological polar surface area (TPSA) is 15.3 Å². The summed E-state index contributed by atoms with van der Waals surface area (Å²) in [7, 11) is 1.97. The average molecular weight is 286 g/mol. The quantitative estimate of drug-likeness (QED) is 0.866. The summed E-state index contributed by atoms with van der Waals surface area (Å²) in [5, 5.41) is 3.37. The highest BCUT2D eigenvalue weighted by Crippen LogP contribution is 2.22. The first-order valence-corrected chi connectivity index (χ1v) is 7.39. The predicted octanol–water partition coefficient (Wildman–Crippen LogP) is 3.92. The van der Waals surface area contributed by atoms with Crippen molar-refractivity contribution < 1.29 is 4.39 Å². The van der Waals surface area contributed by atoms with Crippen molar-refractivity contribution in [3.63, 3.8) is 0 Å². The number of anilines is 1. The zero-order valence-corrected chi connectivity index (χ0v) is 12.9. The van der Waals surface area contributed by atoms with E-state index in [1.165, 1.54) is 17.2 Å². The van der Waals surface area contributed by atoms with Crippen LogP contribution in [0, 0.1) is 12.7 Å². The first-order valence-electron chi connectivity index (χ1n) is 7.39. The van der Waals surface area contributed by atoms with Crippen molar-refractivity contribution in [2.24, 2.45) is 0 Å². The molecule has 2 aromatic rings. The van der Waals surface area contributed by atoms with E-state index < -0.39 is 0 Å². The zero-order chi connectivity index (χ0) is 15.2. The fourth-order valence-corrected chi connectivity index (χ4v) is 2.63. The second kappa shape index (κ2) is 7.23. The van der Waals surface area contributed by atoms with Gasteiger partial charge in [-0.1, -0.05) is 30.3 Å². The number of aryl methyl sites for hydroxylation is 1. The van der Waals surface area contributed by atoms with Crippen LogP contribution in [0.1, 0.15) is 24.1 Å². The Morgan fingerprint density at radius 1 is 1.14 bits per heavy atom. The first kappa shape index (κ1) is 15.5. The van der Waals surface area contributed by atoms with E-state index in [9.17, 15) is 4.39 Å². The second-order valence-electron chi connectivity index (χ2n) is 5.22. The Kier molecular flexibility index (Phi) is 5.34. The number of hydrogen-bond acceptors (Lipinski definition) is 2. The molecule has 1 atom stereocenters. The van der Waals surface area contributed by atoms with Crippen LogP contribution in [-0.4, -0.2) is 20.1 Å². The maximum absolute atomic E-state index is 13.4. The fourth-order valence-electron chi connectivity index (χ4n) is 2.63. The second-order valence-corrected chi connectivity index (χ2v) is 5.22. The minimum atomic E-state index is -0.192. The third-order valence-electron chi connectivity index (χ3n) is 3.87. The van der Waals surface area contributed by atoms with Crippen LogP contribution in [0.25, 0.3) is 0 Å². The molecule has 1 N–H and O–H groups in total. The lowest BCUT2D eigenvalue weighted by Gasteiger charge is -2.29. The lowest BCUT2D eigenvalue weighted by atomic mass is 10.0. The molecule has 2 aromatic carbocycles. The van der Waals surface area contributed by atoms with E-state index in [0.29, 0.717) is 0 Å². The average Bonchev–Trinajstić information content (AvgIpc) is 2.50. The van der Waals surface area contributed by atoms with Crippen molar-refractivity contribution in [2.75, 3.05) is 25.0 Å². The highest BCUT2D eigenvalue weighted by atomic mass is 19.1. The summed E-state index contributed by atoms with van der Waals surface area (Å²) in [6.45, 7) is 5.86. The Balaban J connectivity index is 2.22. The van der Waals surface area contributed by atoms with Gasteiger partial charge in [0.2, 0.25) is 0 Å². The number of nitrogens with zero attached hydrogens (tertiary/aromatic N) is 1. The molecule has 2 rings (SSSR count). The van der Waals surface area contributed by atoms with Gasteiger partial charge in [0.05, 0.1) is 0 Å². The van der Waals surface area contributed by atoms with Gasteiger partial charge in [0.15, 0.2) is 0 Å². The molecule has 2 nitrogen and oxygen atoms in total. The molecule has 0 aliphatic heterocycles. The van der Waals surface area contributed by atoms with E-state index >= 15 is 0 Å². The summed E-state index contributed by atoms with van der Waals surface area (Å²) in [4.78, 5) is 2.19. The van der Waals surface area contributed by atoms with Gasteiger partial charge in [0.25, 0.3) is 0 Å².